The van der Waals surface area contributed by atoms with Gasteiger partial charge in [-0.1, -0.05) is 5.92 Å². The molecule has 1 saturated carbocycles. The minimum absolute atomic E-state index is 0.102. The standard InChI is InChI=1S/C21H27FN4O14P2S/c1-2-20(31)16(30)11(37-17(20)9-3-4-10-18(23)24-7-25-26(9)10)6-36-42(35,43)40-41(33,34)39-19-13-15(29)14(28)12(8(22)5-27)21(13,32)38-19/h1,3-4,7-8,11-17,19,27-32H,5-6H2,(H,33,34)(H,35,43)(H2,23,24,25)/t8-,11+,12?,13?,14?,15?,16+,17-,19?,20+,21?,42?/m0/s1. The van der Waals surface area contributed by atoms with Crippen molar-refractivity contribution in [2.24, 2.45) is 11.8 Å². The maximum Gasteiger partial charge on any atom is 0.481 e. The average Bonchev–Trinajstić information content (AvgIpc) is 3.50. The van der Waals surface area contributed by atoms with Crippen molar-refractivity contribution in [3.05, 3.63) is 24.2 Å². The molecule has 13 atom stereocenters. The van der Waals surface area contributed by atoms with Crippen LogP contribution in [0.5, 0.6) is 0 Å². The quantitative estimate of drug-likeness (QED) is 0.0909. The monoisotopic (exact) mass is 672 g/mol. The number of rotatable bonds is 10. The molecule has 3 fully saturated rings. The van der Waals surface area contributed by atoms with Crippen molar-refractivity contribution >= 4 is 37.7 Å². The second-order valence-corrected chi connectivity index (χ2v) is 14.4. The highest BCUT2D eigenvalue weighted by atomic mass is 32.5. The molecule has 2 aliphatic heterocycles. The van der Waals surface area contributed by atoms with E-state index in [2.05, 4.69) is 20.3 Å². The zero-order chi connectivity index (χ0) is 31.7. The fourth-order valence-corrected chi connectivity index (χ4v) is 8.63. The summed E-state index contributed by atoms with van der Waals surface area (Å²) in [6.07, 6.45) is -6.12. The maximum atomic E-state index is 14.1. The molecule has 22 heteroatoms. The summed E-state index contributed by atoms with van der Waals surface area (Å²) in [7, 11) is -5.42. The highest BCUT2D eigenvalue weighted by molar-refractivity contribution is 8.08. The zero-order valence-corrected chi connectivity index (χ0v) is 24.2. The molecule has 2 aromatic heterocycles. The van der Waals surface area contributed by atoms with Crippen LogP contribution in [0, 0.1) is 24.2 Å². The lowest BCUT2D eigenvalue weighted by atomic mass is 9.87. The van der Waals surface area contributed by atoms with Crippen LogP contribution in [0.15, 0.2) is 18.5 Å². The van der Waals surface area contributed by atoms with Crippen molar-refractivity contribution < 1.29 is 72.2 Å². The van der Waals surface area contributed by atoms with Crippen molar-refractivity contribution in [1.29, 1.82) is 0 Å². The van der Waals surface area contributed by atoms with E-state index in [0.29, 0.717) is 5.52 Å². The second kappa shape index (κ2) is 11.3. The Morgan fingerprint density at radius 1 is 1.28 bits per heavy atom. The molecule has 18 nitrogen and oxygen atoms in total. The zero-order valence-electron chi connectivity index (χ0n) is 21.5. The van der Waals surface area contributed by atoms with Crippen LogP contribution < -0.4 is 5.73 Å². The molecule has 0 bridgehead atoms. The number of ether oxygens (including phenoxy) is 2. The van der Waals surface area contributed by atoms with E-state index in [9.17, 15) is 44.3 Å². The van der Waals surface area contributed by atoms with Crippen LogP contribution in [0.3, 0.4) is 0 Å². The number of halogens is 1. The smallest absolute Gasteiger partial charge is 0.393 e. The van der Waals surface area contributed by atoms with Gasteiger partial charge in [0.05, 0.1) is 43.0 Å². The first-order chi connectivity index (χ1) is 20.0. The van der Waals surface area contributed by atoms with Gasteiger partial charge in [-0.2, -0.15) is 5.10 Å². The van der Waals surface area contributed by atoms with E-state index in [1.165, 1.54) is 16.6 Å². The number of hydrogen-bond acceptors (Lipinski definition) is 16. The summed E-state index contributed by atoms with van der Waals surface area (Å²) in [6, 6.07) is 2.98. The van der Waals surface area contributed by atoms with Gasteiger partial charge in [0, 0.05) is 0 Å². The fourth-order valence-electron chi connectivity index (χ4n) is 5.53. The Kier molecular flexibility index (Phi) is 8.55. The number of alkyl halides is 1. The fraction of sp³-hybridized carbons (Fsp3) is 0.619. The summed E-state index contributed by atoms with van der Waals surface area (Å²) in [5, 5.41) is 65.8. The van der Waals surface area contributed by atoms with Gasteiger partial charge in [-0.3, -0.25) is 4.52 Å². The summed E-state index contributed by atoms with van der Waals surface area (Å²) < 4.78 is 53.0. The highest BCUT2D eigenvalue weighted by Crippen LogP contribution is 2.65. The predicted molar refractivity (Wildman–Crippen MR) is 140 cm³/mol. The van der Waals surface area contributed by atoms with Crippen LogP contribution >= 0.6 is 14.5 Å². The van der Waals surface area contributed by atoms with Crippen LogP contribution in [0.4, 0.5) is 10.2 Å². The molecule has 238 valence electrons. The van der Waals surface area contributed by atoms with Crippen LogP contribution in [0.1, 0.15) is 11.8 Å². The number of hydrogen-bond donors (Lipinski definition) is 9. The minimum Gasteiger partial charge on any atom is -0.393 e. The van der Waals surface area contributed by atoms with Crippen molar-refractivity contribution in [3.63, 3.8) is 0 Å². The summed E-state index contributed by atoms with van der Waals surface area (Å²) in [5.41, 5.74) is 3.98. The van der Waals surface area contributed by atoms with Gasteiger partial charge >= 0.3 is 14.5 Å². The van der Waals surface area contributed by atoms with Crippen LogP contribution in [0.2, 0.25) is 0 Å². The predicted octanol–water partition coefficient (Wildman–Crippen LogP) is -2.81. The molecule has 10 N–H and O–H groups in total. The number of aliphatic hydroxyl groups is 6. The lowest BCUT2D eigenvalue weighted by Gasteiger charge is -2.49. The first kappa shape index (κ1) is 32.7. The largest absolute Gasteiger partial charge is 0.481 e. The first-order valence-corrected chi connectivity index (χ1v) is 16.4. The Balaban J connectivity index is 1.24. The number of nitrogens with zero attached hydrogens (tertiary/aromatic N) is 3. The maximum absolute atomic E-state index is 14.1. The summed E-state index contributed by atoms with van der Waals surface area (Å²) in [6.45, 7) is -6.67. The van der Waals surface area contributed by atoms with Crippen LogP contribution in [-0.2, 0) is 39.2 Å². The van der Waals surface area contributed by atoms with Gasteiger partial charge in [-0.25, -0.2) is 22.8 Å². The molecule has 4 heterocycles. The lowest BCUT2D eigenvalue weighted by Crippen LogP contribution is -2.64. The van der Waals surface area contributed by atoms with Gasteiger partial charge in [-0.05, 0) is 23.9 Å². The number of aliphatic hydroxyl groups excluding tert-OH is 4. The number of phosphoric acid groups is 1. The average molecular weight is 672 g/mol. The van der Waals surface area contributed by atoms with E-state index < -0.39 is 94.0 Å². The van der Waals surface area contributed by atoms with Crippen LogP contribution in [0.25, 0.3) is 5.52 Å². The molecule has 0 radical (unpaired) electrons. The Bertz CT molecular complexity index is 1530. The molecule has 1 aliphatic carbocycles. The van der Waals surface area contributed by atoms with E-state index in [4.69, 9.17) is 47.6 Å². The van der Waals surface area contributed by atoms with Crippen molar-refractivity contribution in [3.8, 4) is 12.3 Å². The number of aromatic nitrogens is 3. The molecule has 0 aromatic carbocycles. The number of anilines is 1. The van der Waals surface area contributed by atoms with E-state index in [1.54, 1.807) is 0 Å². The van der Waals surface area contributed by atoms with Crippen molar-refractivity contribution in [2.45, 2.75) is 54.4 Å². The molecule has 5 rings (SSSR count). The SMILES string of the molecule is C#C[C@@]1(O)[C@H](O)[C@@H](COP(O)(=S)OP(=O)(O)OC2OC3(O)C2C(O)C(O)C3[C@@H](F)CO)O[C@H]1c1ccc2c(N)ncnn12. The minimum atomic E-state index is -5.42. The Morgan fingerprint density at radius 3 is 2.63 bits per heavy atom. The van der Waals surface area contributed by atoms with E-state index in [-0.39, 0.29) is 11.5 Å². The normalized spacial score (nSPS) is 40.7. The molecular formula is C21H27FN4O14P2S. The number of nitrogen functional groups attached to an aromatic ring is 1. The molecule has 8 unspecified atom stereocenters. The lowest BCUT2D eigenvalue weighted by molar-refractivity contribution is -0.426. The van der Waals surface area contributed by atoms with Crippen LogP contribution in [-0.4, -0.2) is 117 Å². The van der Waals surface area contributed by atoms with E-state index in [1.807, 2.05) is 0 Å². The second-order valence-electron chi connectivity index (χ2n) is 10.1. The molecule has 3 aliphatic rings. The Labute approximate surface area is 246 Å². The van der Waals surface area contributed by atoms with E-state index in [0.717, 1.165) is 6.33 Å². The van der Waals surface area contributed by atoms with Gasteiger partial charge < -0.3 is 60.2 Å². The Hall–Kier alpha value is -1.73. The third kappa shape index (κ3) is 5.42. The molecule has 2 aromatic rings. The van der Waals surface area contributed by atoms with E-state index >= 15 is 0 Å². The summed E-state index contributed by atoms with van der Waals surface area (Å²) in [4.78, 5) is 24.4. The number of terminal acetylenes is 1. The highest BCUT2D eigenvalue weighted by Gasteiger charge is 2.74. The summed E-state index contributed by atoms with van der Waals surface area (Å²) >= 11 is 4.75. The first-order valence-electron chi connectivity index (χ1n) is 12.3. The Morgan fingerprint density at radius 2 is 1.98 bits per heavy atom. The molecule has 0 spiro atoms. The van der Waals surface area contributed by atoms with Gasteiger partial charge in [0.1, 0.15) is 36.3 Å². The van der Waals surface area contributed by atoms with Gasteiger partial charge in [0.15, 0.2) is 23.5 Å². The summed E-state index contributed by atoms with van der Waals surface area (Å²) in [5.74, 6) is -3.88. The molecular weight excluding hydrogens is 645 g/mol. The number of nitrogens with two attached hydrogens (primary N) is 1. The molecule has 43 heavy (non-hydrogen) atoms. The molecule has 2 saturated heterocycles. The number of phosphoric ester groups is 1. The van der Waals surface area contributed by atoms with Gasteiger partial charge in [0.25, 0.3) is 0 Å². The van der Waals surface area contributed by atoms with Gasteiger partial charge in [-0.15, -0.1) is 6.42 Å². The van der Waals surface area contributed by atoms with Crippen molar-refractivity contribution in [2.75, 3.05) is 18.9 Å². The van der Waals surface area contributed by atoms with Gasteiger partial charge in [0.2, 0.25) is 0 Å². The number of fused-ring (bicyclic) bond motifs is 2. The third-order valence-corrected chi connectivity index (χ3v) is 11.1. The molecule has 0 amide bonds. The van der Waals surface area contributed by atoms with Crippen molar-refractivity contribution in [1.82, 2.24) is 14.6 Å². The topological polar surface area (TPSA) is 281 Å². The third-order valence-electron chi connectivity index (χ3n) is 7.57.